The molecule has 0 bridgehead atoms. The number of Topliss-reactive ketones (excluding diaryl/α,β-unsaturated/α-hetero) is 4. The summed E-state index contributed by atoms with van der Waals surface area (Å²) in [5.41, 5.74) is -16.6. The van der Waals surface area contributed by atoms with Gasteiger partial charge in [0.05, 0.1) is 6.61 Å². The molecule has 1 fully saturated rings. The molecule has 1 saturated heterocycles. The highest BCUT2D eigenvalue weighted by atomic mass is 16.7. The van der Waals surface area contributed by atoms with Crippen LogP contribution in [0.1, 0.15) is 88.6 Å². The van der Waals surface area contributed by atoms with Crippen molar-refractivity contribution in [3.63, 3.8) is 0 Å². The number of aliphatic hydroxyl groups is 5. The minimum atomic E-state index is -4.04. The summed E-state index contributed by atoms with van der Waals surface area (Å²) >= 11 is 0. The Morgan fingerprint density at radius 1 is 0.628 bits per heavy atom. The number of anilines is 1. The number of carbonyl (C=O) groups excluding carboxylic acids is 4. The third kappa shape index (κ3) is 4.80. The molecule has 1 aromatic rings. The summed E-state index contributed by atoms with van der Waals surface area (Å²) < 4.78 is 6.01. The van der Waals surface area contributed by atoms with Crippen LogP contribution in [0.25, 0.3) is 0 Å². The Bertz CT molecular complexity index is 1330. The fourth-order valence-electron chi connectivity index (χ4n) is 5.91. The second-order valence-electron chi connectivity index (χ2n) is 15.8. The Hall–Kier alpha value is -2.54. The third-order valence-electron chi connectivity index (χ3n) is 8.07. The Morgan fingerprint density at radius 2 is 0.977 bits per heavy atom. The number of nitrogen functional groups attached to an aromatic ring is 1. The highest BCUT2D eigenvalue weighted by molar-refractivity contribution is 6.14. The zero-order valence-corrected chi connectivity index (χ0v) is 27.4. The van der Waals surface area contributed by atoms with E-state index in [1.54, 1.807) is 0 Å². The zero-order chi connectivity index (χ0) is 34.2. The van der Waals surface area contributed by atoms with Crippen molar-refractivity contribution in [2.24, 2.45) is 21.7 Å². The van der Waals surface area contributed by atoms with Gasteiger partial charge in [-0.15, -0.1) is 0 Å². The van der Waals surface area contributed by atoms with Gasteiger partial charge in [0, 0.05) is 32.9 Å². The van der Waals surface area contributed by atoms with E-state index in [2.05, 4.69) is 0 Å². The van der Waals surface area contributed by atoms with Crippen molar-refractivity contribution in [3.05, 3.63) is 29.8 Å². The Morgan fingerprint density at radius 3 is 1.33 bits per heavy atom. The summed E-state index contributed by atoms with van der Waals surface area (Å²) in [6.07, 6.45) is 0. The molecule has 0 radical (unpaired) electrons. The van der Waals surface area contributed by atoms with E-state index in [-0.39, 0.29) is 5.69 Å². The van der Waals surface area contributed by atoms with Gasteiger partial charge in [-0.3, -0.25) is 19.2 Å². The van der Waals surface area contributed by atoms with Gasteiger partial charge in [-0.25, -0.2) is 0 Å². The number of para-hydroxylation sites is 1. The molecule has 1 aliphatic heterocycles. The third-order valence-corrected chi connectivity index (χ3v) is 8.07. The van der Waals surface area contributed by atoms with Gasteiger partial charge in [-0.1, -0.05) is 101 Å². The van der Waals surface area contributed by atoms with E-state index >= 15 is 0 Å². The molecule has 11 heteroatoms. The predicted molar refractivity (Wildman–Crippen MR) is 158 cm³/mol. The van der Waals surface area contributed by atoms with E-state index in [4.69, 9.17) is 10.5 Å². The Kier molecular flexibility index (Phi) is 8.74. The van der Waals surface area contributed by atoms with E-state index < -0.39 is 85.2 Å². The molecule has 242 valence electrons. The van der Waals surface area contributed by atoms with Crippen molar-refractivity contribution in [2.45, 2.75) is 111 Å². The van der Waals surface area contributed by atoms with Crippen molar-refractivity contribution in [1.82, 2.24) is 0 Å². The number of ketones is 4. The minimum Gasteiger partial charge on any atom is -0.398 e. The van der Waals surface area contributed by atoms with Crippen LogP contribution in [0.4, 0.5) is 5.69 Å². The van der Waals surface area contributed by atoms with Crippen LogP contribution in [0.5, 0.6) is 0 Å². The molecule has 0 aliphatic carbocycles. The number of hydrogen-bond donors (Lipinski definition) is 6. The van der Waals surface area contributed by atoms with Crippen LogP contribution in [-0.4, -0.2) is 77.7 Å². The molecule has 7 N–H and O–H groups in total. The number of ether oxygens (including phenoxy) is 1. The molecule has 0 saturated carbocycles. The molecule has 43 heavy (non-hydrogen) atoms. The Balaban J connectivity index is 3.58. The standard InChI is InChI=1S/C32H49NO10/c1-24(2,3)20(35)28(17-34)29(39,21(36)25(4,5)6)30(40,22(37)26(7,8)9)31(41,23(38)27(10,11)12)32(42,43-28)18-15-13-14-16-19(18)33/h13-16,34,39-42H,17,33H2,1-12H3/t28-,29+,30-,31-,32?/m0/s1. The van der Waals surface area contributed by atoms with Crippen LogP contribution in [0.2, 0.25) is 0 Å². The number of benzene rings is 1. The highest BCUT2D eigenvalue weighted by Crippen LogP contribution is 2.62. The normalized spacial score (nSPS) is 32.3. The molecule has 5 atom stereocenters. The lowest BCUT2D eigenvalue weighted by Gasteiger charge is -2.67. The van der Waals surface area contributed by atoms with Crippen molar-refractivity contribution in [2.75, 3.05) is 12.3 Å². The first-order chi connectivity index (χ1) is 18.9. The van der Waals surface area contributed by atoms with Crippen LogP contribution in [0.15, 0.2) is 24.3 Å². The summed E-state index contributed by atoms with van der Waals surface area (Å²) in [6.45, 7) is 14.2. The number of rotatable bonds is 6. The van der Waals surface area contributed by atoms with E-state index in [0.29, 0.717) is 0 Å². The molecule has 0 spiro atoms. The maximum atomic E-state index is 14.7. The summed E-state index contributed by atoms with van der Waals surface area (Å²) in [7, 11) is 0. The molecule has 0 aromatic heterocycles. The lowest BCUT2D eigenvalue weighted by Crippen LogP contribution is -2.95. The summed E-state index contributed by atoms with van der Waals surface area (Å²) in [6, 6.07) is 5.17. The summed E-state index contributed by atoms with van der Waals surface area (Å²) in [5, 5.41) is 62.5. The van der Waals surface area contributed by atoms with Gasteiger partial charge in [0.2, 0.25) is 22.6 Å². The fraction of sp³-hybridized carbons (Fsp3) is 0.688. The molecule has 1 aromatic carbocycles. The van der Waals surface area contributed by atoms with Crippen molar-refractivity contribution in [1.29, 1.82) is 0 Å². The zero-order valence-electron chi connectivity index (χ0n) is 27.4. The van der Waals surface area contributed by atoms with Crippen LogP contribution in [0.3, 0.4) is 0 Å². The molecule has 1 heterocycles. The molecule has 1 aliphatic rings. The molecule has 1 unspecified atom stereocenters. The number of nitrogens with two attached hydrogens (primary N) is 1. The quantitative estimate of drug-likeness (QED) is 0.257. The molecule has 0 amide bonds. The summed E-state index contributed by atoms with van der Waals surface area (Å²) in [4.78, 5) is 58.1. The monoisotopic (exact) mass is 607 g/mol. The first-order valence-corrected chi connectivity index (χ1v) is 14.2. The second-order valence-corrected chi connectivity index (χ2v) is 15.8. The first-order valence-electron chi connectivity index (χ1n) is 14.2. The van der Waals surface area contributed by atoms with E-state index in [1.807, 2.05) is 0 Å². The van der Waals surface area contributed by atoms with E-state index in [9.17, 15) is 44.7 Å². The smallest absolute Gasteiger partial charge is 0.236 e. The van der Waals surface area contributed by atoms with Gasteiger partial charge in [-0.05, 0) is 6.07 Å². The fourth-order valence-corrected chi connectivity index (χ4v) is 5.91. The van der Waals surface area contributed by atoms with Crippen LogP contribution >= 0.6 is 0 Å². The predicted octanol–water partition coefficient (Wildman–Crippen LogP) is 1.83. The van der Waals surface area contributed by atoms with Crippen molar-refractivity contribution in [3.8, 4) is 0 Å². The van der Waals surface area contributed by atoms with Gasteiger partial charge in [-0.2, -0.15) is 0 Å². The summed E-state index contributed by atoms with van der Waals surface area (Å²) in [5.74, 6) is -9.17. The second kappa shape index (κ2) is 10.3. The highest BCUT2D eigenvalue weighted by Gasteiger charge is 2.91. The number of aliphatic hydroxyl groups excluding tert-OH is 1. The van der Waals surface area contributed by atoms with E-state index in [0.717, 1.165) is 6.07 Å². The van der Waals surface area contributed by atoms with Gasteiger partial charge in [0.25, 0.3) is 0 Å². The number of carbonyl (C=O) groups is 4. The largest absolute Gasteiger partial charge is 0.398 e. The van der Waals surface area contributed by atoms with Crippen molar-refractivity contribution < 1.29 is 49.4 Å². The molecular formula is C32H49NO10. The SMILES string of the molecule is CC(C)(C)C(=O)[C@]1(O)[C@@](O)(C(=O)C(C)(C)C)[C@@](O)(C(=O)C(C)(C)C)C(O)(c2ccccc2N)O[C@@]1(CO)C(=O)C(C)(C)C. The minimum absolute atomic E-state index is 0.307. The van der Waals surface area contributed by atoms with Crippen LogP contribution in [-0.2, 0) is 29.7 Å². The van der Waals surface area contributed by atoms with Gasteiger partial charge in [0.1, 0.15) is 0 Å². The Labute approximate surface area is 253 Å². The maximum Gasteiger partial charge on any atom is 0.236 e. The number of hydrogen-bond acceptors (Lipinski definition) is 11. The van der Waals surface area contributed by atoms with E-state index in [1.165, 1.54) is 101 Å². The van der Waals surface area contributed by atoms with Crippen LogP contribution < -0.4 is 5.73 Å². The van der Waals surface area contributed by atoms with Gasteiger partial charge in [0.15, 0.2) is 28.7 Å². The van der Waals surface area contributed by atoms with Gasteiger partial charge >= 0.3 is 0 Å². The van der Waals surface area contributed by atoms with Crippen LogP contribution in [0, 0.1) is 21.7 Å². The molecule has 11 nitrogen and oxygen atoms in total. The first kappa shape index (κ1) is 36.7. The average molecular weight is 608 g/mol. The molecule has 2 rings (SSSR count). The van der Waals surface area contributed by atoms with Gasteiger partial charge < -0.3 is 36.0 Å². The molecular weight excluding hydrogens is 558 g/mol. The maximum absolute atomic E-state index is 14.7. The topological polar surface area (TPSA) is 205 Å². The average Bonchev–Trinajstić information content (AvgIpc) is 2.85. The van der Waals surface area contributed by atoms with Crippen molar-refractivity contribution >= 4 is 28.8 Å². The lowest BCUT2D eigenvalue weighted by atomic mass is 9.47. The lowest BCUT2D eigenvalue weighted by molar-refractivity contribution is -0.437.